The Morgan fingerprint density at radius 1 is 0.907 bits per heavy atom. The van der Waals surface area contributed by atoms with Crippen LogP contribution in [0, 0.1) is 5.92 Å². The smallest absolute Gasteiger partial charge is 0.415 e. The maximum absolute atomic E-state index is 13.0. The summed E-state index contributed by atoms with van der Waals surface area (Å²) in [6.07, 6.45) is 0.552. The zero-order valence-electron chi connectivity index (χ0n) is 26.9. The van der Waals surface area contributed by atoms with E-state index in [0.29, 0.717) is 45.0 Å². The molecule has 238 valence electrons. The third kappa shape index (κ3) is 11.4. The first-order valence-electron chi connectivity index (χ1n) is 15.4. The van der Waals surface area contributed by atoms with Crippen molar-refractivity contribution in [1.29, 1.82) is 0 Å². The minimum Gasteiger partial charge on any atom is -0.415 e. The predicted molar refractivity (Wildman–Crippen MR) is 167 cm³/mol. The first-order chi connectivity index (χ1) is 20.5. The number of aliphatic hydroxyl groups excluding tert-OH is 1. The lowest BCUT2D eigenvalue weighted by molar-refractivity contribution is -0.158. The van der Waals surface area contributed by atoms with E-state index in [-0.39, 0.29) is 18.2 Å². The number of amides is 1. The first-order valence-corrected chi connectivity index (χ1v) is 15.4. The zero-order chi connectivity index (χ0) is 31.4. The van der Waals surface area contributed by atoms with E-state index in [2.05, 4.69) is 0 Å². The van der Waals surface area contributed by atoms with Crippen molar-refractivity contribution in [2.45, 2.75) is 111 Å². The standard InChI is InChI=1S/C35H51NO7/c1-25(2)36(26(3)4)34(38)41-27(5)22-30(18-20-39-23-28-14-10-8-11-15-28)32(37)33-31(42-35(6,7)43-33)19-21-40-24-29-16-12-9-13-17-29/h8-17,22,25-26,30-33,37H,18-21,23-24H2,1-7H3/b27-22-/t30-,31+,32-,33-/m0/s1. The van der Waals surface area contributed by atoms with Crippen LogP contribution in [-0.4, -0.2) is 65.5 Å². The second-order valence-corrected chi connectivity index (χ2v) is 12.2. The van der Waals surface area contributed by atoms with Gasteiger partial charge in [0.25, 0.3) is 0 Å². The van der Waals surface area contributed by atoms with Gasteiger partial charge in [-0.3, -0.25) is 0 Å². The summed E-state index contributed by atoms with van der Waals surface area (Å²) in [5.41, 5.74) is 2.18. The summed E-state index contributed by atoms with van der Waals surface area (Å²) in [7, 11) is 0. The van der Waals surface area contributed by atoms with E-state index in [4.69, 9.17) is 23.7 Å². The molecule has 1 heterocycles. The van der Waals surface area contributed by atoms with Crippen molar-refractivity contribution in [3.63, 3.8) is 0 Å². The Hall–Kier alpha value is -2.75. The Balaban J connectivity index is 1.70. The fourth-order valence-electron chi connectivity index (χ4n) is 5.46. The Bertz CT molecular complexity index is 1110. The van der Waals surface area contributed by atoms with Gasteiger partial charge in [-0.2, -0.15) is 0 Å². The highest BCUT2D eigenvalue weighted by Gasteiger charge is 2.46. The molecular weight excluding hydrogens is 546 g/mol. The van der Waals surface area contributed by atoms with Gasteiger partial charge >= 0.3 is 6.09 Å². The molecule has 3 rings (SSSR count). The molecule has 8 heteroatoms. The maximum Gasteiger partial charge on any atom is 0.415 e. The van der Waals surface area contributed by atoms with Crippen LogP contribution in [0.2, 0.25) is 0 Å². The van der Waals surface area contributed by atoms with Crippen LogP contribution >= 0.6 is 0 Å². The molecule has 0 saturated carbocycles. The van der Waals surface area contributed by atoms with Crippen LogP contribution in [0.15, 0.2) is 72.5 Å². The molecule has 1 aliphatic heterocycles. The molecule has 2 aromatic carbocycles. The van der Waals surface area contributed by atoms with Gasteiger partial charge in [-0.25, -0.2) is 4.79 Å². The number of carbonyl (C=O) groups is 1. The van der Waals surface area contributed by atoms with Gasteiger partial charge in [0.15, 0.2) is 5.79 Å². The van der Waals surface area contributed by atoms with Gasteiger partial charge in [-0.15, -0.1) is 0 Å². The van der Waals surface area contributed by atoms with Crippen molar-refractivity contribution in [3.8, 4) is 0 Å². The molecule has 0 aliphatic carbocycles. The Kier molecular flexibility index (Phi) is 13.7. The number of hydrogen-bond acceptors (Lipinski definition) is 7. The molecule has 1 fully saturated rings. The average Bonchev–Trinajstić information content (AvgIpc) is 3.27. The number of rotatable bonds is 16. The monoisotopic (exact) mass is 597 g/mol. The lowest BCUT2D eigenvalue weighted by Crippen LogP contribution is -2.42. The van der Waals surface area contributed by atoms with Gasteiger partial charge in [0.1, 0.15) is 11.9 Å². The van der Waals surface area contributed by atoms with Crippen LogP contribution in [0.3, 0.4) is 0 Å². The van der Waals surface area contributed by atoms with E-state index in [9.17, 15) is 9.90 Å². The average molecular weight is 598 g/mol. The molecule has 1 N–H and O–H groups in total. The molecule has 0 unspecified atom stereocenters. The molecule has 8 nitrogen and oxygen atoms in total. The van der Waals surface area contributed by atoms with E-state index in [1.54, 1.807) is 11.8 Å². The van der Waals surface area contributed by atoms with Gasteiger partial charge in [0, 0.05) is 31.2 Å². The van der Waals surface area contributed by atoms with Gasteiger partial charge in [-0.05, 0) is 78.5 Å². The molecule has 1 saturated heterocycles. The number of benzene rings is 2. The molecular formula is C35H51NO7. The molecule has 43 heavy (non-hydrogen) atoms. The fraction of sp³-hybridized carbons (Fsp3) is 0.571. The van der Waals surface area contributed by atoms with Crippen LogP contribution in [0.1, 0.15) is 72.4 Å². The lowest BCUT2D eigenvalue weighted by atomic mass is 9.90. The second kappa shape index (κ2) is 16.9. The number of ether oxygens (including phenoxy) is 5. The summed E-state index contributed by atoms with van der Waals surface area (Å²) in [5, 5.41) is 11.7. The molecule has 1 amide bonds. The SMILES string of the molecule is C/C(=C/[C@H](CCOCc1ccccc1)[C@H](O)[C@H]1OC(C)(C)O[C@@H]1CCOCc1ccccc1)OC(=O)N(C(C)C)C(C)C. The minimum absolute atomic E-state index is 0.00999. The van der Waals surface area contributed by atoms with E-state index in [1.165, 1.54) is 0 Å². The summed E-state index contributed by atoms with van der Waals surface area (Å²) in [6.45, 7) is 15.1. The minimum atomic E-state index is -0.929. The maximum atomic E-state index is 13.0. The number of nitrogens with zero attached hydrogens (tertiary/aromatic N) is 1. The van der Waals surface area contributed by atoms with Gasteiger partial charge in [0.05, 0.1) is 25.4 Å². The lowest BCUT2D eigenvalue weighted by Gasteiger charge is -2.30. The van der Waals surface area contributed by atoms with E-state index in [0.717, 1.165) is 11.1 Å². The van der Waals surface area contributed by atoms with Crippen molar-refractivity contribution in [1.82, 2.24) is 4.90 Å². The fourth-order valence-corrected chi connectivity index (χ4v) is 5.46. The van der Waals surface area contributed by atoms with E-state index >= 15 is 0 Å². The summed E-state index contributed by atoms with van der Waals surface area (Å²) < 4.78 is 30.1. The van der Waals surface area contributed by atoms with Crippen LogP contribution in [0.4, 0.5) is 4.79 Å². The van der Waals surface area contributed by atoms with Gasteiger partial charge < -0.3 is 33.7 Å². The predicted octanol–water partition coefficient (Wildman–Crippen LogP) is 6.86. The highest BCUT2D eigenvalue weighted by atomic mass is 16.8. The Morgan fingerprint density at radius 3 is 1.98 bits per heavy atom. The van der Waals surface area contributed by atoms with Crippen molar-refractivity contribution >= 4 is 6.09 Å². The summed E-state index contributed by atoms with van der Waals surface area (Å²) in [5.74, 6) is -0.848. The van der Waals surface area contributed by atoms with Gasteiger partial charge in [-0.1, -0.05) is 60.7 Å². The third-order valence-electron chi connectivity index (χ3n) is 7.38. The van der Waals surface area contributed by atoms with Crippen LogP contribution in [0.25, 0.3) is 0 Å². The number of aliphatic hydroxyl groups is 1. The van der Waals surface area contributed by atoms with Crippen LogP contribution in [0.5, 0.6) is 0 Å². The summed E-state index contributed by atoms with van der Waals surface area (Å²) in [4.78, 5) is 14.7. The quantitative estimate of drug-likeness (QED) is 0.167. The summed E-state index contributed by atoms with van der Waals surface area (Å²) in [6, 6.07) is 19.9. The van der Waals surface area contributed by atoms with Crippen LogP contribution < -0.4 is 0 Å². The zero-order valence-corrected chi connectivity index (χ0v) is 26.9. The molecule has 0 bridgehead atoms. The van der Waals surface area contributed by atoms with Gasteiger partial charge in [0.2, 0.25) is 0 Å². The van der Waals surface area contributed by atoms with Crippen molar-refractivity contribution < 1.29 is 33.6 Å². The third-order valence-corrected chi connectivity index (χ3v) is 7.38. The molecule has 0 spiro atoms. The van der Waals surface area contributed by atoms with Crippen molar-refractivity contribution in [2.24, 2.45) is 5.92 Å². The number of carbonyl (C=O) groups excluding carboxylic acids is 1. The number of allylic oxidation sites excluding steroid dienone is 1. The Morgan fingerprint density at radius 2 is 1.44 bits per heavy atom. The molecule has 0 radical (unpaired) electrons. The molecule has 1 aliphatic rings. The normalized spacial score (nSPS) is 19.9. The van der Waals surface area contributed by atoms with Crippen molar-refractivity contribution in [2.75, 3.05) is 13.2 Å². The molecule has 2 aromatic rings. The highest BCUT2D eigenvalue weighted by Crippen LogP contribution is 2.35. The second-order valence-electron chi connectivity index (χ2n) is 12.2. The van der Waals surface area contributed by atoms with Crippen molar-refractivity contribution in [3.05, 3.63) is 83.6 Å². The first kappa shape index (κ1) is 34.7. The highest BCUT2D eigenvalue weighted by molar-refractivity contribution is 5.69. The summed E-state index contributed by atoms with van der Waals surface area (Å²) >= 11 is 0. The molecule has 4 atom stereocenters. The Labute approximate surface area is 257 Å². The largest absolute Gasteiger partial charge is 0.415 e. The van der Waals surface area contributed by atoms with E-state index < -0.39 is 30.0 Å². The topological polar surface area (TPSA) is 86.7 Å². The molecule has 0 aromatic heterocycles. The van der Waals surface area contributed by atoms with E-state index in [1.807, 2.05) is 108 Å². The number of hydrogen-bond donors (Lipinski definition) is 1. The van der Waals surface area contributed by atoms with Crippen LogP contribution in [-0.2, 0) is 36.9 Å².